The second kappa shape index (κ2) is 4.48. The van der Waals surface area contributed by atoms with Crippen molar-refractivity contribution in [3.05, 3.63) is 35.4 Å². The van der Waals surface area contributed by atoms with Crippen molar-refractivity contribution in [2.75, 3.05) is 0 Å². The number of halogens is 3. The molecule has 1 aromatic carbocycles. The van der Waals surface area contributed by atoms with Crippen LogP contribution in [0.5, 0.6) is 0 Å². The Labute approximate surface area is 94.3 Å². The molecule has 0 saturated heterocycles. The van der Waals surface area contributed by atoms with E-state index >= 15 is 0 Å². The molecule has 0 spiro atoms. The molecule has 0 fully saturated rings. The van der Waals surface area contributed by atoms with Gasteiger partial charge in [-0.05, 0) is 29.5 Å². The lowest BCUT2D eigenvalue weighted by Crippen LogP contribution is -2.17. The van der Waals surface area contributed by atoms with Crippen molar-refractivity contribution in [3.63, 3.8) is 0 Å². The van der Waals surface area contributed by atoms with Gasteiger partial charge >= 0.3 is 0 Å². The molecule has 3 heteroatoms. The first-order valence-electron chi connectivity index (χ1n) is 4.97. The van der Waals surface area contributed by atoms with E-state index in [4.69, 9.17) is 11.6 Å². The van der Waals surface area contributed by atoms with Gasteiger partial charge in [0, 0.05) is 0 Å². The number of hydrogen-bond donors (Lipinski definition) is 0. The van der Waals surface area contributed by atoms with E-state index in [1.807, 2.05) is 20.8 Å². The molecule has 0 saturated carbocycles. The molecule has 0 N–H and O–H groups in total. The highest BCUT2D eigenvalue weighted by Crippen LogP contribution is 2.41. The van der Waals surface area contributed by atoms with Crippen LogP contribution in [0, 0.1) is 17.0 Å². The summed E-state index contributed by atoms with van der Waals surface area (Å²) in [5.74, 6) is -1.68. The third-order valence-electron chi connectivity index (χ3n) is 2.83. The second-order valence-electron chi connectivity index (χ2n) is 4.38. The third kappa shape index (κ3) is 2.69. The van der Waals surface area contributed by atoms with Crippen molar-refractivity contribution in [2.24, 2.45) is 5.41 Å². The van der Waals surface area contributed by atoms with Crippen LogP contribution in [0.3, 0.4) is 0 Å². The van der Waals surface area contributed by atoms with E-state index in [1.54, 1.807) is 0 Å². The van der Waals surface area contributed by atoms with Gasteiger partial charge in [0.15, 0.2) is 11.6 Å². The normalized spacial score (nSPS) is 14.0. The molecule has 15 heavy (non-hydrogen) atoms. The smallest absolute Gasteiger partial charge is 0.159 e. The van der Waals surface area contributed by atoms with Crippen molar-refractivity contribution in [1.29, 1.82) is 0 Å². The SMILES string of the molecule is CCC(C)(C)C(Cl)c1ccc(F)c(F)c1. The lowest BCUT2D eigenvalue weighted by atomic mass is 9.83. The number of hydrogen-bond acceptors (Lipinski definition) is 0. The zero-order chi connectivity index (χ0) is 11.6. The average molecular weight is 233 g/mol. The summed E-state index contributed by atoms with van der Waals surface area (Å²) in [5, 5.41) is -0.308. The minimum atomic E-state index is -0.843. The van der Waals surface area contributed by atoms with Crippen LogP contribution < -0.4 is 0 Å². The fraction of sp³-hybridized carbons (Fsp3) is 0.500. The topological polar surface area (TPSA) is 0 Å². The maximum absolute atomic E-state index is 13.0. The molecule has 0 aromatic heterocycles. The molecule has 0 amide bonds. The Morgan fingerprint density at radius 2 is 1.87 bits per heavy atom. The number of alkyl halides is 1. The van der Waals surface area contributed by atoms with Crippen LogP contribution in [0.1, 0.15) is 38.1 Å². The van der Waals surface area contributed by atoms with Gasteiger partial charge in [-0.2, -0.15) is 0 Å². The zero-order valence-corrected chi connectivity index (χ0v) is 9.91. The molecule has 0 aliphatic carbocycles. The Kier molecular flexibility index (Phi) is 3.72. The molecular formula is C12H15ClF2. The van der Waals surface area contributed by atoms with Crippen LogP contribution >= 0.6 is 11.6 Å². The summed E-state index contributed by atoms with van der Waals surface area (Å²) in [7, 11) is 0. The maximum atomic E-state index is 13.0. The first-order chi connectivity index (χ1) is 6.88. The monoisotopic (exact) mass is 232 g/mol. The molecule has 0 aliphatic heterocycles. The Morgan fingerprint density at radius 1 is 1.27 bits per heavy atom. The first kappa shape index (κ1) is 12.4. The van der Waals surface area contributed by atoms with E-state index < -0.39 is 11.6 Å². The lowest BCUT2D eigenvalue weighted by Gasteiger charge is -2.29. The fourth-order valence-electron chi connectivity index (χ4n) is 1.30. The van der Waals surface area contributed by atoms with Crippen molar-refractivity contribution in [1.82, 2.24) is 0 Å². The summed E-state index contributed by atoms with van der Waals surface area (Å²) in [6.07, 6.45) is 0.875. The van der Waals surface area contributed by atoms with Gasteiger partial charge < -0.3 is 0 Å². The van der Waals surface area contributed by atoms with Crippen molar-refractivity contribution in [3.8, 4) is 0 Å². The summed E-state index contributed by atoms with van der Waals surface area (Å²) >= 11 is 6.23. The molecule has 0 heterocycles. The van der Waals surface area contributed by atoms with Gasteiger partial charge in [-0.15, -0.1) is 11.6 Å². The standard InChI is InChI=1S/C12H15ClF2/c1-4-12(2,3)11(13)8-5-6-9(14)10(15)7-8/h5-7,11H,4H2,1-3H3. The third-order valence-corrected chi connectivity index (χ3v) is 3.68. The van der Waals surface area contributed by atoms with Gasteiger partial charge in [0.1, 0.15) is 0 Å². The summed E-state index contributed by atoms with van der Waals surface area (Å²) in [4.78, 5) is 0. The highest BCUT2D eigenvalue weighted by atomic mass is 35.5. The molecule has 0 nitrogen and oxygen atoms in total. The quantitative estimate of drug-likeness (QED) is 0.664. The van der Waals surface area contributed by atoms with Gasteiger partial charge in [-0.1, -0.05) is 26.8 Å². The molecule has 0 bridgehead atoms. The second-order valence-corrected chi connectivity index (χ2v) is 4.81. The van der Waals surface area contributed by atoms with Gasteiger partial charge in [0.05, 0.1) is 5.38 Å². The van der Waals surface area contributed by atoms with Crippen LogP contribution in [0.15, 0.2) is 18.2 Å². The van der Waals surface area contributed by atoms with E-state index in [0.29, 0.717) is 5.56 Å². The van der Waals surface area contributed by atoms with E-state index in [1.165, 1.54) is 12.1 Å². The van der Waals surface area contributed by atoms with Crippen LogP contribution in [0.25, 0.3) is 0 Å². The minimum absolute atomic E-state index is 0.133. The summed E-state index contributed by atoms with van der Waals surface area (Å²) in [6.45, 7) is 6.03. The predicted octanol–water partition coefficient (Wildman–Crippen LogP) is 4.68. The van der Waals surface area contributed by atoms with Crippen LogP contribution in [-0.4, -0.2) is 0 Å². The first-order valence-corrected chi connectivity index (χ1v) is 5.41. The number of benzene rings is 1. The van der Waals surface area contributed by atoms with Crippen LogP contribution in [-0.2, 0) is 0 Å². The van der Waals surface area contributed by atoms with Gasteiger partial charge in [0.25, 0.3) is 0 Å². The predicted molar refractivity (Wildman–Crippen MR) is 59.0 cm³/mol. The molecule has 1 unspecified atom stereocenters. The molecule has 0 aliphatic rings. The maximum Gasteiger partial charge on any atom is 0.159 e. The van der Waals surface area contributed by atoms with E-state index in [0.717, 1.165) is 12.5 Å². The average Bonchev–Trinajstić information content (AvgIpc) is 2.21. The summed E-state index contributed by atoms with van der Waals surface area (Å²) in [5.41, 5.74) is 0.494. The van der Waals surface area contributed by atoms with Crippen molar-refractivity contribution < 1.29 is 8.78 Å². The highest BCUT2D eigenvalue weighted by Gasteiger charge is 2.27. The summed E-state index contributed by atoms with van der Waals surface area (Å²) < 4.78 is 25.7. The van der Waals surface area contributed by atoms with E-state index in [-0.39, 0.29) is 10.8 Å². The summed E-state index contributed by atoms with van der Waals surface area (Å²) in [6, 6.07) is 3.82. The molecule has 1 aromatic rings. The molecule has 1 rings (SSSR count). The van der Waals surface area contributed by atoms with Gasteiger partial charge in [-0.25, -0.2) is 8.78 Å². The Balaban J connectivity index is 3.02. The minimum Gasteiger partial charge on any atom is -0.204 e. The van der Waals surface area contributed by atoms with Gasteiger partial charge in [0.2, 0.25) is 0 Å². The van der Waals surface area contributed by atoms with Crippen LogP contribution in [0.4, 0.5) is 8.78 Å². The zero-order valence-electron chi connectivity index (χ0n) is 9.15. The molecule has 84 valence electrons. The highest BCUT2D eigenvalue weighted by molar-refractivity contribution is 6.21. The van der Waals surface area contributed by atoms with E-state index in [2.05, 4.69) is 0 Å². The Morgan fingerprint density at radius 3 is 2.33 bits per heavy atom. The molecule has 1 atom stereocenters. The Bertz CT molecular complexity index is 347. The van der Waals surface area contributed by atoms with Crippen molar-refractivity contribution >= 4 is 11.6 Å². The molecular weight excluding hydrogens is 218 g/mol. The molecule has 0 radical (unpaired) electrons. The van der Waals surface area contributed by atoms with Crippen molar-refractivity contribution in [2.45, 2.75) is 32.6 Å². The number of rotatable bonds is 3. The fourth-order valence-corrected chi connectivity index (χ4v) is 1.59. The van der Waals surface area contributed by atoms with Crippen LogP contribution in [0.2, 0.25) is 0 Å². The Hall–Kier alpha value is -0.630. The van der Waals surface area contributed by atoms with Gasteiger partial charge in [-0.3, -0.25) is 0 Å². The largest absolute Gasteiger partial charge is 0.204 e. The van der Waals surface area contributed by atoms with E-state index in [9.17, 15) is 8.78 Å². The lowest BCUT2D eigenvalue weighted by molar-refractivity contribution is 0.335.